The zero-order valence-corrected chi connectivity index (χ0v) is 17.2. The lowest BCUT2D eigenvalue weighted by atomic mass is 10.2. The number of carbonyl (C=O) groups is 1. The number of piperazine rings is 1. The summed E-state index contributed by atoms with van der Waals surface area (Å²) in [5.41, 5.74) is 3.15. The van der Waals surface area contributed by atoms with Gasteiger partial charge in [0, 0.05) is 42.9 Å². The summed E-state index contributed by atoms with van der Waals surface area (Å²) < 4.78 is 3.21. The molecule has 1 saturated heterocycles. The van der Waals surface area contributed by atoms with Gasteiger partial charge in [0.15, 0.2) is 5.82 Å². The van der Waals surface area contributed by atoms with E-state index in [9.17, 15) is 4.79 Å². The first kappa shape index (κ1) is 18.1. The third-order valence-corrected chi connectivity index (χ3v) is 5.74. The molecule has 0 spiro atoms. The number of nitrogens with one attached hydrogen (secondary N) is 1. The van der Waals surface area contributed by atoms with Gasteiger partial charge in [-0.15, -0.1) is 0 Å². The topological polar surface area (TPSA) is 52.9 Å². The molecular formula is C20H24BrN5O. The molecule has 0 saturated carbocycles. The van der Waals surface area contributed by atoms with Gasteiger partial charge in [-0.3, -0.25) is 0 Å². The summed E-state index contributed by atoms with van der Waals surface area (Å²) in [4.78, 5) is 21.5. The number of nitrogens with zero attached hydrogens (tertiary/aromatic N) is 4. The van der Waals surface area contributed by atoms with E-state index in [-0.39, 0.29) is 12.1 Å². The van der Waals surface area contributed by atoms with Gasteiger partial charge in [0.1, 0.15) is 0 Å². The van der Waals surface area contributed by atoms with Crippen LogP contribution in [0.3, 0.4) is 0 Å². The van der Waals surface area contributed by atoms with Crippen molar-refractivity contribution in [1.29, 1.82) is 0 Å². The van der Waals surface area contributed by atoms with Gasteiger partial charge in [0.05, 0.1) is 16.6 Å². The fourth-order valence-corrected chi connectivity index (χ4v) is 3.84. The third kappa shape index (κ3) is 3.48. The minimum atomic E-state index is 0.0345. The van der Waals surface area contributed by atoms with Gasteiger partial charge in [0.25, 0.3) is 0 Å². The predicted octanol–water partition coefficient (Wildman–Crippen LogP) is 3.88. The first-order valence-corrected chi connectivity index (χ1v) is 10.2. The van der Waals surface area contributed by atoms with E-state index in [0.717, 1.165) is 46.4 Å². The van der Waals surface area contributed by atoms with Crippen molar-refractivity contribution in [3.8, 4) is 0 Å². The highest BCUT2D eigenvalue weighted by Gasteiger charge is 2.24. The lowest BCUT2D eigenvalue weighted by Gasteiger charge is -2.36. The van der Waals surface area contributed by atoms with Crippen LogP contribution in [0.2, 0.25) is 0 Å². The summed E-state index contributed by atoms with van der Waals surface area (Å²) in [6.45, 7) is 7.08. The van der Waals surface area contributed by atoms with Gasteiger partial charge in [-0.2, -0.15) is 0 Å². The standard InChI is InChI=1S/C20H24BrN5O/c1-3-14(2)22-20(27)25-11-9-24(10-12-25)19-18-5-4-8-26(18)17-7-6-15(21)13-16(17)23-19/h4-8,13-14H,3,9-12H2,1-2H3,(H,22,27)/t14-/m1/s1. The normalized spacial score (nSPS) is 16.1. The van der Waals surface area contributed by atoms with E-state index in [1.54, 1.807) is 0 Å². The molecule has 1 aliphatic heterocycles. The first-order chi connectivity index (χ1) is 13.1. The number of amides is 2. The molecule has 0 bridgehead atoms. The number of halogens is 1. The molecule has 1 N–H and O–H groups in total. The number of urea groups is 1. The molecule has 3 heterocycles. The number of hydrogen-bond donors (Lipinski definition) is 1. The van der Waals surface area contributed by atoms with Crippen molar-refractivity contribution in [1.82, 2.24) is 19.6 Å². The molecule has 1 fully saturated rings. The molecule has 2 amide bonds. The summed E-state index contributed by atoms with van der Waals surface area (Å²) in [6.07, 6.45) is 3.01. The van der Waals surface area contributed by atoms with E-state index in [1.165, 1.54) is 0 Å². The van der Waals surface area contributed by atoms with E-state index in [1.807, 2.05) is 24.0 Å². The van der Waals surface area contributed by atoms with E-state index < -0.39 is 0 Å². The molecule has 27 heavy (non-hydrogen) atoms. The molecule has 1 aliphatic rings. The van der Waals surface area contributed by atoms with Crippen molar-refractivity contribution in [3.05, 3.63) is 41.0 Å². The van der Waals surface area contributed by atoms with E-state index in [4.69, 9.17) is 4.98 Å². The van der Waals surface area contributed by atoms with Crippen LogP contribution in [-0.4, -0.2) is 52.5 Å². The van der Waals surface area contributed by atoms with Gasteiger partial charge in [-0.1, -0.05) is 22.9 Å². The Morgan fingerprint density at radius 3 is 2.74 bits per heavy atom. The molecule has 7 heteroatoms. The van der Waals surface area contributed by atoms with Crippen LogP contribution in [0.5, 0.6) is 0 Å². The van der Waals surface area contributed by atoms with Gasteiger partial charge in [-0.25, -0.2) is 9.78 Å². The number of fused-ring (bicyclic) bond motifs is 3. The monoisotopic (exact) mass is 429 g/mol. The van der Waals surface area contributed by atoms with Gasteiger partial charge in [0.2, 0.25) is 0 Å². The maximum Gasteiger partial charge on any atom is 0.317 e. The van der Waals surface area contributed by atoms with Crippen molar-refractivity contribution >= 4 is 44.3 Å². The number of benzene rings is 1. The molecule has 0 aliphatic carbocycles. The number of hydrogen-bond acceptors (Lipinski definition) is 3. The minimum Gasteiger partial charge on any atom is -0.351 e. The van der Waals surface area contributed by atoms with Crippen LogP contribution in [0.25, 0.3) is 16.6 Å². The minimum absolute atomic E-state index is 0.0345. The zero-order chi connectivity index (χ0) is 19.0. The average molecular weight is 430 g/mol. The Labute approximate surface area is 167 Å². The Kier molecular flexibility index (Phi) is 4.95. The maximum absolute atomic E-state index is 12.4. The average Bonchev–Trinajstić information content (AvgIpc) is 3.17. The lowest BCUT2D eigenvalue weighted by molar-refractivity contribution is 0.190. The largest absolute Gasteiger partial charge is 0.351 e. The Morgan fingerprint density at radius 1 is 1.22 bits per heavy atom. The van der Waals surface area contributed by atoms with E-state index in [2.05, 4.69) is 61.9 Å². The molecule has 0 unspecified atom stereocenters. The molecule has 142 valence electrons. The summed E-state index contributed by atoms with van der Waals surface area (Å²) in [6, 6.07) is 10.6. The fourth-order valence-electron chi connectivity index (χ4n) is 3.49. The quantitative estimate of drug-likeness (QED) is 0.686. The molecule has 2 aromatic heterocycles. The van der Waals surface area contributed by atoms with E-state index in [0.29, 0.717) is 13.1 Å². The van der Waals surface area contributed by atoms with Crippen molar-refractivity contribution in [2.75, 3.05) is 31.1 Å². The zero-order valence-electron chi connectivity index (χ0n) is 15.7. The van der Waals surface area contributed by atoms with Gasteiger partial charge in [-0.05, 0) is 43.7 Å². The SMILES string of the molecule is CC[C@@H](C)NC(=O)N1CCN(c2nc3cc(Br)ccc3n3cccc23)CC1. The molecule has 4 rings (SSSR count). The molecule has 6 nitrogen and oxygen atoms in total. The first-order valence-electron chi connectivity index (χ1n) is 9.43. The Balaban J connectivity index is 1.58. The molecule has 0 radical (unpaired) electrons. The van der Waals surface area contributed by atoms with Gasteiger partial charge < -0.3 is 19.5 Å². The van der Waals surface area contributed by atoms with Crippen LogP contribution in [0, 0.1) is 0 Å². The smallest absolute Gasteiger partial charge is 0.317 e. The van der Waals surface area contributed by atoms with Crippen molar-refractivity contribution < 1.29 is 4.79 Å². The Morgan fingerprint density at radius 2 is 2.00 bits per heavy atom. The molecule has 3 aromatic rings. The Bertz CT molecular complexity index is 977. The highest BCUT2D eigenvalue weighted by Crippen LogP contribution is 2.27. The Hall–Kier alpha value is -2.28. The third-order valence-electron chi connectivity index (χ3n) is 5.25. The number of anilines is 1. The van der Waals surface area contributed by atoms with E-state index >= 15 is 0 Å². The van der Waals surface area contributed by atoms with Crippen molar-refractivity contribution in [2.45, 2.75) is 26.3 Å². The lowest BCUT2D eigenvalue weighted by Crippen LogP contribution is -2.53. The summed E-state index contributed by atoms with van der Waals surface area (Å²) in [7, 11) is 0. The number of carbonyl (C=O) groups excluding carboxylic acids is 1. The molecule has 1 aromatic carbocycles. The summed E-state index contributed by atoms with van der Waals surface area (Å²) >= 11 is 3.54. The van der Waals surface area contributed by atoms with Crippen LogP contribution in [0.4, 0.5) is 10.6 Å². The highest BCUT2D eigenvalue weighted by molar-refractivity contribution is 9.10. The number of rotatable bonds is 3. The summed E-state index contributed by atoms with van der Waals surface area (Å²) in [5.74, 6) is 0.979. The second-order valence-corrected chi connectivity index (χ2v) is 7.98. The second-order valence-electron chi connectivity index (χ2n) is 7.06. The number of aromatic nitrogens is 2. The molecule has 1 atom stereocenters. The van der Waals surface area contributed by atoms with Crippen LogP contribution < -0.4 is 10.2 Å². The second kappa shape index (κ2) is 7.38. The molecular weight excluding hydrogens is 406 g/mol. The highest BCUT2D eigenvalue weighted by atomic mass is 79.9. The van der Waals surface area contributed by atoms with Crippen LogP contribution in [0.1, 0.15) is 20.3 Å². The van der Waals surface area contributed by atoms with Gasteiger partial charge >= 0.3 is 6.03 Å². The van der Waals surface area contributed by atoms with Crippen LogP contribution in [-0.2, 0) is 0 Å². The van der Waals surface area contributed by atoms with Crippen LogP contribution in [0.15, 0.2) is 41.0 Å². The maximum atomic E-state index is 12.4. The van der Waals surface area contributed by atoms with Crippen LogP contribution >= 0.6 is 15.9 Å². The van der Waals surface area contributed by atoms with Crippen molar-refractivity contribution in [2.24, 2.45) is 0 Å². The summed E-state index contributed by atoms with van der Waals surface area (Å²) in [5, 5.41) is 3.05. The predicted molar refractivity (Wildman–Crippen MR) is 112 cm³/mol. The van der Waals surface area contributed by atoms with Crippen molar-refractivity contribution in [3.63, 3.8) is 0 Å². The fraction of sp³-hybridized carbons (Fsp3) is 0.400.